The lowest BCUT2D eigenvalue weighted by molar-refractivity contribution is 0.419. The molecule has 17 heavy (non-hydrogen) atoms. The van der Waals surface area contributed by atoms with E-state index in [1.54, 1.807) is 7.11 Å². The van der Waals surface area contributed by atoms with Gasteiger partial charge >= 0.3 is 0 Å². The van der Waals surface area contributed by atoms with E-state index in [9.17, 15) is 4.39 Å². The Bertz CT molecular complexity index is 479. The monoisotopic (exact) mass is 238 g/mol. The number of ether oxygens (including phenoxy) is 1. The molecule has 0 amide bonds. The van der Waals surface area contributed by atoms with Gasteiger partial charge in [-0.2, -0.15) is 0 Å². The van der Waals surface area contributed by atoms with E-state index in [0.29, 0.717) is 13.7 Å². The van der Waals surface area contributed by atoms with Crippen molar-refractivity contribution in [3.05, 3.63) is 30.0 Å². The number of hydrogen-bond acceptors (Lipinski definition) is 2. The molecule has 0 aliphatic carbocycles. The molecule has 1 aromatic heterocycles. The summed E-state index contributed by atoms with van der Waals surface area (Å²) in [5, 5.41) is 1.19. The van der Waals surface area contributed by atoms with E-state index in [1.165, 1.54) is 16.5 Å². The van der Waals surface area contributed by atoms with Gasteiger partial charge in [-0.3, -0.25) is 4.39 Å². The lowest BCUT2D eigenvalue weighted by atomic mass is 10.1. The van der Waals surface area contributed by atoms with Crippen LogP contribution in [0.25, 0.3) is 10.9 Å². The smallest absolute Gasteiger partial charge is 0.128 e. The Morgan fingerprint density at radius 2 is 2.06 bits per heavy atom. The van der Waals surface area contributed by atoms with Gasteiger partial charge in [0.15, 0.2) is 0 Å². The van der Waals surface area contributed by atoms with Crippen molar-refractivity contribution in [3.8, 4) is 5.75 Å². The molecule has 0 bridgehead atoms. The topological polar surface area (TPSA) is 40.2 Å². The van der Waals surface area contributed by atoms with Crippen LogP contribution in [-0.4, -0.2) is 25.4 Å². The van der Waals surface area contributed by atoms with E-state index in [-0.39, 0.29) is 0 Å². The van der Waals surface area contributed by atoms with Gasteiger partial charge in [0.1, 0.15) is 5.75 Å². The molecule has 0 radical (unpaired) electrons. The molecule has 0 fully saturated rings. The molecule has 2 aromatic rings. The Morgan fingerprint density at radius 1 is 1.35 bits per heavy atom. The van der Waals surface area contributed by atoms with Gasteiger partial charge in [0, 0.05) is 18.6 Å². The lowest BCUT2D eigenvalue weighted by Crippen LogP contribution is -2.02. The van der Waals surface area contributed by atoms with Crippen molar-refractivity contribution in [1.29, 1.82) is 0 Å². The first-order valence-corrected chi connectivity index (χ1v) is 5.46. The summed E-state index contributed by atoms with van der Waals surface area (Å²) in [5.41, 5.74) is 8.05. The molecule has 1 aromatic carbocycles. The van der Waals surface area contributed by atoms with Gasteiger partial charge in [0.05, 0.1) is 19.8 Å². The second-order valence-corrected chi connectivity index (χ2v) is 3.66. The number of nitrogens with zero attached hydrogens (tertiary/aromatic N) is 1. The van der Waals surface area contributed by atoms with E-state index in [4.69, 9.17) is 10.5 Å². The molecule has 0 saturated heterocycles. The summed E-state index contributed by atoms with van der Waals surface area (Å²) in [6, 6.07) is 6.09. The highest BCUT2D eigenvalue weighted by atomic mass is 19.1. The molecule has 0 unspecified atom stereocenters. The Hall–Kier alpha value is -1.55. The van der Waals surface area contributed by atoms with Crippen LogP contribution in [-0.2, 0) is 13.5 Å². The number of rotatable bonds is 3. The zero-order valence-electron chi connectivity index (χ0n) is 10.5. The molecular formula is C13H19FN2O. The predicted molar refractivity (Wildman–Crippen MR) is 69.3 cm³/mol. The first kappa shape index (κ1) is 13.5. The number of fused-ring (bicyclic) bond motifs is 1. The summed E-state index contributed by atoms with van der Waals surface area (Å²) < 4.78 is 17.0. The quantitative estimate of drug-likeness (QED) is 0.891. The molecule has 0 atom stereocenters. The van der Waals surface area contributed by atoms with Gasteiger partial charge in [-0.1, -0.05) is 6.07 Å². The molecule has 1 heterocycles. The first-order chi connectivity index (χ1) is 8.27. The maximum atomic E-state index is 9.50. The van der Waals surface area contributed by atoms with Crippen LogP contribution in [0.15, 0.2) is 24.4 Å². The van der Waals surface area contributed by atoms with Crippen LogP contribution in [0.3, 0.4) is 0 Å². The summed E-state index contributed by atoms with van der Waals surface area (Å²) in [4.78, 5) is 0. The van der Waals surface area contributed by atoms with Crippen molar-refractivity contribution < 1.29 is 9.13 Å². The van der Waals surface area contributed by atoms with Gasteiger partial charge in [0.25, 0.3) is 0 Å². The van der Waals surface area contributed by atoms with Crippen molar-refractivity contribution in [3.63, 3.8) is 0 Å². The minimum Gasteiger partial charge on any atom is -0.496 e. The fourth-order valence-electron chi connectivity index (χ4n) is 2.02. The maximum absolute atomic E-state index is 9.50. The normalized spacial score (nSPS) is 9.94. The van der Waals surface area contributed by atoms with Crippen LogP contribution in [0.4, 0.5) is 4.39 Å². The Balaban J connectivity index is 0.000000686. The molecule has 3 nitrogen and oxygen atoms in total. The molecule has 0 spiro atoms. The standard InChI is InChI=1S/C12H16N2O.CH3F/c1-14-8-9(6-7-13)12-10(14)4-3-5-11(12)15-2;1-2/h3-5,8H,6-7,13H2,1-2H3;1H3. The number of aromatic nitrogens is 1. The second-order valence-electron chi connectivity index (χ2n) is 3.66. The van der Waals surface area contributed by atoms with Crippen LogP contribution >= 0.6 is 0 Å². The SMILES string of the molecule is CF.COc1cccc2c1c(CCN)cn2C. The number of halogens is 1. The second kappa shape index (κ2) is 6.25. The number of alkyl halides is 1. The Morgan fingerprint density at radius 3 is 2.65 bits per heavy atom. The highest BCUT2D eigenvalue weighted by molar-refractivity contribution is 5.90. The van der Waals surface area contributed by atoms with E-state index in [0.717, 1.165) is 12.2 Å². The summed E-state index contributed by atoms with van der Waals surface area (Å²) in [6.07, 6.45) is 3.01. The minimum absolute atomic E-state index is 0.500. The Kier molecular flexibility index (Phi) is 4.97. The van der Waals surface area contributed by atoms with Gasteiger partial charge < -0.3 is 15.0 Å². The predicted octanol–water partition coefficient (Wildman–Crippen LogP) is 2.27. The van der Waals surface area contributed by atoms with Crippen LogP contribution in [0.2, 0.25) is 0 Å². The highest BCUT2D eigenvalue weighted by Crippen LogP contribution is 2.30. The fourth-order valence-corrected chi connectivity index (χ4v) is 2.02. The third-order valence-corrected chi connectivity index (χ3v) is 2.69. The van der Waals surface area contributed by atoms with Crippen LogP contribution in [0.1, 0.15) is 5.56 Å². The minimum atomic E-state index is 0.500. The van der Waals surface area contributed by atoms with Crippen LogP contribution in [0, 0.1) is 0 Å². The molecule has 4 heteroatoms. The maximum Gasteiger partial charge on any atom is 0.128 e. The zero-order valence-corrected chi connectivity index (χ0v) is 10.5. The van der Waals surface area contributed by atoms with Gasteiger partial charge in [-0.15, -0.1) is 0 Å². The summed E-state index contributed by atoms with van der Waals surface area (Å²) >= 11 is 0. The Labute approximate surface area is 101 Å². The zero-order chi connectivity index (χ0) is 12.8. The fraction of sp³-hybridized carbons (Fsp3) is 0.385. The number of nitrogens with two attached hydrogens (primary N) is 1. The third kappa shape index (κ3) is 2.58. The number of benzene rings is 1. The lowest BCUT2D eigenvalue weighted by Gasteiger charge is -2.04. The van der Waals surface area contributed by atoms with Crippen molar-refractivity contribution in [2.75, 3.05) is 20.8 Å². The van der Waals surface area contributed by atoms with E-state index in [2.05, 4.69) is 16.8 Å². The van der Waals surface area contributed by atoms with Gasteiger partial charge in [0.2, 0.25) is 0 Å². The van der Waals surface area contributed by atoms with Crippen molar-refractivity contribution >= 4 is 10.9 Å². The number of aryl methyl sites for hydroxylation is 1. The number of methoxy groups -OCH3 is 1. The third-order valence-electron chi connectivity index (χ3n) is 2.69. The van der Waals surface area contributed by atoms with E-state index >= 15 is 0 Å². The van der Waals surface area contributed by atoms with Crippen molar-refractivity contribution in [2.24, 2.45) is 12.8 Å². The molecule has 0 aliphatic heterocycles. The largest absolute Gasteiger partial charge is 0.496 e. The van der Waals surface area contributed by atoms with E-state index < -0.39 is 0 Å². The van der Waals surface area contributed by atoms with Crippen molar-refractivity contribution in [1.82, 2.24) is 4.57 Å². The van der Waals surface area contributed by atoms with Crippen molar-refractivity contribution in [2.45, 2.75) is 6.42 Å². The molecule has 2 N–H and O–H groups in total. The van der Waals surface area contributed by atoms with Crippen LogP contribution in [0.5, 0.6) is 5.75 Å². The highest BCUT2D eigenvalue weighted by Gasteiger charge is 2.10. The first-order valence-electron chi connectivity index (χ1n) is 5.46. The molecule has 94 valence electrons. The summed E-state index contributed by atoms with van der Waals surface area (Å²) in [5.74, 6) is 0.927. The average molecular weight is 238 g/mol. The van der Waals surface area contributed by atoms with E-state index in [1.807, 2.05) is 19.2 Å². The summed E-state index contributed by atoms with van der Waals surface area (Å²) in [6.45, 7) is 0.664. The molecule has 0 aliphatic rings. The summed E-state index contributed by atoms with van der Waals surface area (Å²) in [7, 11) is 4.25. The molecular weight excluding hydrogens is 219 g/mol. The van der Waals surface area contributed by atoms with Crippen LogP contribution < -0.4 is 10.5 Å². The van der Waals surface area contributed by atoms with Gasteiger partial charge in [-0.05, 0) is 30.7 Å². The average Bonchev–Trinajstić information content (AvgIpc) is 2.70. The molecule has 2 rings (SSSR count). The number of hydrogen-bond donors (Lipinski definition) is 1. The molecule has 0 saturated carbocycles. The van der Waals surface area contributed by atoms with Gasteiger partial charge in [-0.25, -0.2) is 0 Å².